The number of amides is 2. The Morgan fingerprint density at radius 2 is 1.50 bits per heavy atom. The number of carbonyl (C=O) groups excluding carboxylic acids is 2. The van der Waals surface area contributed by atoms with Crippen molar-refractivity contribution in [2.24, 2.45) is 0 Å². The number of carbonyl (C=O) groups is 2. The van der Waals surface area contributed by atoms with E-state index in [1.807, 2.05) is 57.2 Å². The van der Waals surface area contributed by atoms with Crippen molar-refractivity contribution in [3.8, 4) is 0 Å². The molecule has 0 saturated heterocycles. The molecular weight excluding hydrogens is 617 g/mol. The van der Waals surface area contributed by atoms with E-state index in [2.05, 4.69) is 5.32 Å². The molecule has 4 rings (SSSR count). The average molecular weight is 653 g/mol. The maximum Gasteiger partial charge on any atom is 0.264 e. The first kappa shape index (κ1) is 33.1. The average Bonchev–Trinajstić information content (AvgIpc) is 2.99. The minimum Gasteiger partial charge on any atom is -0.352 e. The van der Waals surface area contributed by atoms with E-state index in [9.17, 15) is 18.0 Å². The summed E-state index contributed by atoms with van der Waals surface area (Å²) in [4.78, 5) is 29.7. The molecule has 2 amide bonds. The van der Waals surface area contributed by atoms with Crippen LogP contribution in [0.3, 0.4) is 0 Å². The molecule has 7 nitrogen and oxygen atoms in total. The van der Waals surface area contributed by atoms with E-state index in [-0.39, 0.29) is 29.8 Å². The van der Waals surface area contributed by atoms with Crippen LogP contribution in [-0.2, 0) is 32.6 Å². The Balaban J connectivity index is 1.82. The minimum atomic E-state index is -4.17. The predicted molar refractivity (Wildman–Crippen MR) is 176 cm³/mol. The van der Waals surface area contributed by atoms with Crippen LogP contribution in [0.15, 0.2) is 108 Å². The van der Waals surface area contributed by atoms with Crippen molar-refractivity contribution in [3.63, 3.8) is 0 Å². The summed E-state index contributed by atoms with van der Waals surface area (Å²) in [6.07, 6.45) is 0.201. The van der Waals surface area contributed by atoms with E-state index in [1.54, 1.807) is 54.6 Å². The summed E-state index contributed by atoms with van der Waals surface area (Å²) in [6, 6.07) is 28.0. The van der Waals surface area contributed by atoms with E-state index in [0.29, 0.717) is 21.3 Å². The standard InChI is InChI=1S/C34H35Cl2N3O4S/c1-24(2)37-34(41)32(20-26-12-6-4-7-13-26)38(22-27-17-18-28(35)21-31(27)36)33(40)23-39(29-14-10-11-25(3)19-29)44(42,43)30-15-8-5-9-16-30/h4-19,21,24,32H,20,22-23H2,1-3H3,(H,37,41). The molecule has 0 aliphatic rings. The van der Waals surface area contributed by atoms with Crippen LogP contribution in [0.4, 0.5) is 5.69 Å². The van der Waals surface area contributed by atoms with E-state index >= 15 is 0 Å². The van der Waals surface area contributed by atoms with Gasteiger partial charge in [0.05, 0.1) is 10.6 Å². The molecule has 1 atom stereocenters. The van der Waals surface area contributed by atoms with Gasteiger partial charge in [-0.2, -0.15) is 0 Å². The number of nitrogens with one attached hydrogen (secondary N) is 1. The molecule has 4 aromatic rings. The molecule has 230 valence electrons. The van der Waals surface area contributed by atoms with Crippen LogP contribution in [0, 0.1) is 6.92 Å². The summed E-state index contributed by atoms with van der Waals surface area (Å²) in [5, 5.41) is 3.69. The van der Waals surface area contributed by atoms with Gasteiger partial charge in [-0.1, -0.05) is 89.9 Å². The molecule has 0 saturated carbocycles. The highest BCUT2D eigenvalue weighted by Gasteiger charge is 2.35. The molecule has 0 radical (unpaired) electrons. The van der Waals surface area contributed by atoms with Gasteiger partial charge in [0.15, 0.2) is 0 Å². The number of benzene rings is 4. The Morgan fingerprint density at radius 3 is 2.11 bits per heavy atom. The van der Waals surface area contributed by atoms with Gasteiger partial charge in [0.25, 0.3) is 10.0 Å². The number of hydrogen-bond acceptors (Lipinski definition) is 4. The lowest BCUT2D eigenvalue weighted by Crippen LogP contribution is -2.54. The van der Waals surface area contributed by atoms with Gasteiger partial charge in [0.2, 0.25) is 11.8 Å². The monoisotopic (exact) mass is 651 g/mol. The molecule has 0 aliphatic heterocycles. The van der Waals surface area contributed by atoms with Gasteiger partial charge in [-0.15, -0.1) is 0 Å². The molecular formula is C34H35Cl2N3O4S. The fraction of sp³-hybridized carbons (Fsp3) is 0.235. The molecule has 0 bridgehead atoms. The maximum atomic E-state index is 14.5. The van der Waals surface area contributed by atoms with Crippen molar-refractivity contribution in [3.05, 3.63) is 130 Å². The van der Waals surface area contributed by atoms with Crippen LogP contribution in [0.5, 0.6) is 0 Å². The first-order valence-electron chi connectivity index (χ1n) is 14.2. The summed E-state index contributed by atoms with van der Waals surface area (Å²) in [5.41, 5.74) is 2.56. The summed E-state index contributed by atoms with van der Waals surface area (Å²) in [6.45, 7) is 4.92. The van der Waals surface area contributed by atoms with Gasteiger partial charge in [-0.3, -0.25) is 13.9 Å². The van der Waals surface area contributed by atoms with Gasteiger partial charge in [-0.05, 0) is 73.9 Å². The predicted octanol–water partition coefficient (Wildman–Crippen LogP) is 6.66. The second-order valence-corrected chi connectivity index (χ2v) is 13.5. The van der Waals surface area contributed by atoms with Crippen LogP contribution in [0.2, 0.25) is 10.0 Å². The third-order valence-electron chi connectivity index (χ3n) is 6.96. The summed E-state index contributed by atoms with van der Waals surface area (Å²) in [5.74, 6) is -0.938. The first-order chi connectivity index (χ1) is 21.0. The van der Waals surface area contributed by atoms with Crippen molar-refractivity contribution < 1.29 is 18.0 Å². The van der Waals surface area contributed by atoms with Gasteiger partial charge < -0.3 is 10.2 Å². The Morgan fingerprint density at radius 1 is 0.841 bits per heavy atom. The van der Waals surface area contributed by atoms with Crippen LogP contribution < -0.4 is 9.62 Å². The molecule has 0 heterocycles. The van der Waals surface area contributed by atoms with Crippen LogP contribution in [-0.4, -0.2) is 43.8 Å². The Kier molecular flexibility index (Phi) is 11.1. The lowest BCUT2D eigenvalue weighted by atomic mass is 10.0. The largest absolute Gasteiger partial charge is 0.352 e. The topological polar surface area (TPSA) is 86.8 Å². The Bertz CT molecular complexity index is 1700. The van der Waals surface area contributed by atoms with E-state index in [1.165, 1.54) is 17.0 Å². The molecule has 0 fully saturated rings. The van der Waals surface area contributed by atoms with Gasteiger partial charge in [-0.25, -0.2) is 8.42 Å². The highest BCUT2D eigenvalue weighted by atomic mass is 35.5. The summed E-state index contributed by atoms with van der Waals surface area (Å²) >= 11 is 12.7. The zero-order valence-electron chi connectivity index (χ0n) is 24.8. The number of anilines is 1. The van der Waals surface area contributed by atoms with E-state index in [0.717, 1.165) is 15.4 Å². The van der Waals surface area contributed by atoms with E-state index in [4.69, 9.17) is 23.2 Å². The molecule has 1 N–H and O–H groups in total. The normalized spacial score (nSPS) is 12.0. The first-order valence-corrected chi connectivity index (χ1v) is 16.4. The summed E-state index contributed by atoms with van der Waals surface area (Å²) < 4.78 is 29.2. The number of aryl methyl sites for hydroxylation is 1. The van der Waals surface area contributed by atoms with Crippen molar-refractivity contribution in [1.29, 1.82) is 0 Å². The van der Waals surface area contributed by atoms with Crippen molar-refractivity contribution in [2.75, 3.05) is 10.8 Å². The minimum absolute atomic E-state index is 0.0417. The lowest BCUT2D eigenvalue weighted by molar-refractivity contribution is -0.140. The summed E-state index contributed by atoms with van der Waals surface area (Å²) in [7, 11) is -4.17. The molecule has 1 unspecified atom stereocenters. The van der Waals surface area contributed by atoms with Crippen molar-refractivity contribution in [2.45, 2.75) is 50.7 Å². The second-order valence-electron chi connectivity index (χ2n) is 10.8. The highest BCUT2D eigenvalue weighted by Crippen LogP contribution is 2.27. The fourth-order valence-electron chi connectivity index (χ4n) is 4.80. The van der Waals surface area contributed by atoms with Crippen LogP contribution >= 0.6 is 23.2 Å². The molecule has 10 heteroatoms. The van der Waals surface area contributed by atoms with Crippen LogP contribution in [0.25, 0.3) is 0 Å². The van der Waals surface area contributed by atoms with Gasteiger partial charge in [0.1, 0.15) is 12.6 Å². The molecule has 0 aliphatic carbocycles. The Hall–Kier alpha value is -3.85. The molecule has 0 aromatic heterocycles. The van der Waals surface area contributed by atoms with Crippen molar-refractivity contribution >= 4 is 50.7 Å². The SMILES string of the molecule is Cc1cccc(N(CC(=O)N(Cc2ccc(Cl)cc2Cl)C(Cc2ccccc2)C(=O)NC(C)C)S(=O)(=O)c2ccccc2)c1. The zero-order chi connectivity index (χ0) is 31.9. The fourth-order valence-corrected chi connectivity index (χ4v) is 6.69. The van der Waals surface area contributed by atoms with Gasteiger partial charge >= 0.3 is 0 Å². The Labute approximate surface area is 269 Å². The molecule has 44 heavy (non-hydrogen) atoms. The zero-order valence-corrected chi connectivity index (χ0v) is 27.1. The maximum absolute atomic E-state index is 14.5. The smallest absolute Gasteiger partial charge is 0.264 e. The third-order valence-corrected chi connectivity index (χ3v) is 9.33. The lowest BCUT2D eigenvalue weighted by Gasteiger charge is -2.34. The van der Waals surface area contributed by atoms with Crippen LogP contribution in [0.1, 0.15) is 30.5 Å². The number of hydrogen-bond donors (Lipinski definition) is 1. The van der Waals surface area contributed by atoms with Gasteiger partial charge in [0, 0.05) is 29.1 Å². The molecule has 4 aromatic carbocycles. The highest BCUT2D eigenvalue weighted by molar-refractivity contribution is 7.92. The quantitative estimate of drug-likeness (QED) is 0.186. The number of nitrogens with zero attached hydrogens (tertiary/aromatic N) is 2. The third kappa shape index (κ3) is 8.40. The number of halogens is 2. The van der Waals surface area contributed by atoms with Crippen molar-refractivity contribution in [1.82, 2.24) is 10.2 Å². The second kappa shape index (κ2) is 14.8. The van der Waals surface area contributed by atoms with E-state index < -0.39 is 28.5 Å². The number of sulfonamides is 1. The number of rotatable bonds is 12. The molecule has 0 spiro atoms.